The number of benzene rings is 1. The number of halogens is 1. The molecule has 1 atom stereocenters. The number of amides is 1. The second-order valence-corrected chi connectivity index (χ2v) is 6.75. The van der Waals surface area contributed by atoms with Crippen LogP contribution < -0.4 is 10.2 Å². The second-order valence-electron chi connectivity index (χ2n) is 6.75. The lowest BCUT2D eigenvalue weighted by molar-refractivity contribution is -0.148. The molecule has 0 radical (unpaired) electrons. The summed E-state index contributed by atoms with van der Waals surface area (Å²) >= 11 is 0. The van der Waals surface area contributed by atoms with Gasteiger partial charge in [0, 0.05) is 31.4 Å². The minimum atomic E-state index is -1.62. The van der Waals surface area contributed by atoms with Gasteiger partial charge in [0.25, 0.3) is 0 Å². The summed E-state index contributed by atoms with van der Waals surface area (Å²) in [5, 5.41) is 12.3. The van der Waals surface area contributed by atoms with E-state index < -0.39 is 17.3 Å². The zero-order valence-electron chi connectivity index (χ0n) is 14.9. The zero-order chi connectivity index (χ0) is 19.4. The SMILES string of the molecule is CC(NC(=O)C1CCN(c2cnccn2)CC1)(C(=O)O)c1ccc(F)cc1. The standard InChI is InChI=1S/C19H21FN4O3/c1-19(18(26)27,14-2-4-15(20)5-3-14)23-17(25)13-6-10-24(11-7-13)16-12-21-8-9-22-16/h2-5,8-9,12-13H,6-7,10-11H2,1H3,(H,23,25)(H,26,27). The fourth-order valence-electron chi connectivity index (χ4n) is 3.21. The van der Waals surface area contributed by atoms with Gasteiger partial charge in [-0.2, -0.15) is 0 Å². The quantitative estimate of drug-likeness (QED) is 0.833. The highest BCUT2D eigenvalue weighted by molar-refractivity contribution is 5.89. The van der Waals surface area contributed by atoms with Crippen LogP contribution in [0.1, 0.15) is 25.3 Å². The van der Waals surface area contributed by atoms with E-state index in [1.165, 1.54) is 31.2 Å². The molecule has 1 fully saturated rings. The summed E-state index contributed by atoms with van der Waals surface area (Å²) < 4.78 is 13.2. The Morgan fingerprint density at radius 1 is 1.22 bits per heavy atom. The molecule has 142 valence electrons. The summed E-state index contributed by atoms with van der Waals surface area (Å²) in [4.78, 5) is 34.9. The molecule has 2 aromatic rings. The molecule has 1 amide bonds. The molecule has 8 heteroatoms. The van der Waals surface area contributed by atoms with Gasteiger partial charge in [0.15, 0.2) is 5.54 Å². The Balaban J connectivity index is 1.67. The number of anilines is 1. The monoisotopic (exact) mass is 372 g/mol. The fourth-order valence-corrected chi connectivity index (χ4v) is 3.21. The van der Waals surface area contributed by atoms with Crippen LogP contribution in [0.4, 0.5) is 10.2 Å². The molecule has 27 heavy (non-hydrogen) atoms. The lowest BCUT2D eigenvalue weighted by atomic mass is 9.89. The van der Waals surface area contributed by atoms with E-state index in [0.29, 0.717) is 31.5 Å². The number of rotatable bonds is 5. The molecule has 2 heterocycles. The number of hydrogen-bond donors (Lipinski definition) is 2. The first kappa shape index (κ1) is 18.8. The van der Waals surface area contributed by atoms with Crippen molar-refractivity contribution in [2.75, 3.05) is 18.0 Å². The molecule has 0 saturated carbocycles. The molecule has 1 aromatic heterocycles. The Kier molecular flexibility index (Phi) is 5.34. The number of hydrogen-bond acceptors (Lipinski definition) is 5. The van der Waals surface area contributed by atoms with E-state index in [1.54, 1.807) is 18.6 Å². The lowest BCUT2D eigenvalue weighted by Crippen LogP contribution is -2.52. The number of aromatic nitrogens is 2. The number of nitrogens with zero attached hydrogens (tertiary/aromatic N) is 3. The Hall–Kier alpha value is -3.03. The molecule has 0 spiro atoms. The van der Waals surface area contributed by atoms with Crippen LogP contribution in [-0.4, -0.2) is 40.0 Å². The number of nitrogens with one attached hydrogen (secondary N) is 1. The van der Waals surface area contributed by atoms with Crippen LogP contribution in [0.3, 0.4) is 0 Å². The lowest BCUT2D eigenvalue weighted by Gasteiger charge is -2.34. The molecular weight excluding hydrogens is 351 g/mol. The van der Waals surface area contributed by atoms with Crippen molar-refractivity contribution in [2.24, 2.45) is 5.92 Å². The van der Waals surface area contributed by atoms with Crippen molar-refractivity contribution in [1.29, 1.82) is 0 Å². The van der Waals surface area contributed by atoms with E-state index in [9.17, 15) is 19.1 Å². The van der Waals surface area contributed by atoms with Crippen molar-refractivity contribution in [3.63, 3.8) is 0 Å². The van der Waals surface area contributed by atoms with Crippen LogP contribution in [0, 0.1) is 11.7 Å². The molecule has 1 aliphatic heterocycles. The van der Waals surface area contributed by atoms with Crippen molar-refractivity contribution < 1.29 is 19.1 Å². The first-order valence-electron chi connectivity index (χ1n) is 8.72. The Morgan fingerprint density at radius 2 is 1.89 bits per heavy atom. The van der Waals surface area contributed by atoms with Gasteiger partial charge in [0.2, 0.25) is 5.91 Å². The first-order valence-corrected chi connectivity index (χ1v) is 8.72. The number of carbonyl (C=O) groups is 2. The highest BCUT2D eigenvalue weighted by atomic mass is 19.1. The highest BCUT2D eigenvalue weighted by Crippen LogP contribution is 2.25. The summed E-state index contributed by atoms with van der Waals surface area (Å²) in [7, 11) is 0. The van der Waals surface area contributed by atoms with Crippen molar-refractivity contribution >= 4 is 17.7 Å². The van der Waals surface area contributed by atoms with Crippen LogP contribution in [0.2, 0.25) is 0 Å². The maximum Gasteiger partial charge on any atom is 0.333 e. The van der Waals surface area contributed by atoms with Gasteiger partial charge in [-0.1, -0.05) is 12.1 Å². The average Bonchev–Trinajstić information content (AvgIpc) is 2.69. The number of aliphatic carboxylic acids is 1. The van der Waals surface area contributed by atoms with E-state index in [-0.39, 0.29) is 11.8 Å². The molecule has 0 bridgehead atoms. The van der Waals surface area contributed by atoms with E-state index in [4.69, 9.17) is 0 Å². The zero-order valence-corrected chi connectivity index (χ0v) is 14.9. The van der Waals surface area contributed by atoms with Gasteiger partial charge in [-0.05, 0) is 37.5 Å². The highest BCUT2D eigenvalue weighted by Gasteiger charge is 2.39. The normalized spacial score (nSPS) is 17.2. The minimum absolute atomic E-state index is 0.294. The maximum atomic E-state index is 13.2. The number of carboxylic acids is 1. The van der Waals surface area contributed by atoms with Crippen molar-refractivity contribution in [1.82, 2.24) is 15.3 Å². The van der Waals surface area contributed by atoms with E-state index in [2.05, 4.69) is 15.3 Å². The van der Waals surface area contributed by atoms with Crippen LogP contribution in [-0.2, 0) is 15.1 Å². The summed E-state index contributed by atoms with van der Waals surface area (Å²) in [5.41, 5.74) is -1.30. The molecule has 1 aromatic carbocycles. The van der Waals surface area contributed by atoms with Crippen LogP contribution in [0.5, 0.6) is 0 Å². The van der Waals surface area contributed by atoms with Gasteiger partial charge < -0.3 is 15.3 Å². The number of carboxylic acid groups (broad SMARTS) is 1. The van der Waals surface area contributed by atoms with Crippen molar-refractivity contribution in [2.45, 2.75) is 25.3 Å². The smallest absolute Gasteiger partial charge is 0.333 e. The topological polar surface area (TPSA) is 95.4 Å². The third kappa shape index (κ3) is 4.05. The van der Waals surface area contributed by atoms with Gasteiger partial charge in [0.05, 0.1) is 6.20 Å². The summed E-state index contributed by atoms with van der Waals surface area (Å²) in [6.45, 7) is 2.68. The first-order chi connectivity index (χ1) is 12.9. The minimum Gasteiger partial charge on any atom is -0.479 e. The van der Waals surface area contributed by atoms with Crippen LogP contribution in [0.15, 0.2) is 42.9 Å². The Bertz CT molecular complexity index is 807. The van der Waals surface area contributed by atoms with Crippen molar-refractivity contribution in [3.8, 4) is 0 Å². The molecule has 7 nitrogen and oxygen atoms in total. The molecule has 1 aliphatic rings. The Morgan fingerprint density at radius 3 is 2.44 bits per heavy atom. The maximum absolute atomic E-state index is 13.2. The number of carbonyl (C=O) groups excluding carboxylic acids is 1. The molecule has 3 rings (SSSR count). The third-order valence-corrected chi connectivity index (χ3v) is 4.96. The molecular formula is C19H21FN4O3. The molecule has 2 N–H and O–H groups in total. The van der Waals surface area contributed by atoms with Gasteiger partial charge >= 0.3 is 5.97 Å². The Labute approximate surface area is 156 Å². The van der Waals surface area contributed by atoms with Crippen molar-refractivity contribution in [3.05, 3.63) is 54.2 Å². The van der Waals surface area contributed by atoms with Gasteiger partial charge in [-0.25, -0.2) is 14.2 Å². The second kappa shape index (κ2) is 7.69. The van der Waals surface area contributed by atoms with Gasteiger partial charge in [-0.15, -0.1) is 0 Å². The van der Waals surface area contributed by atoms with E-state index in [0.717, 1.165) is 5.82 Å². The average molecular weight is 372 g/mol. The summed E-state index contributed by atoms with van der Waals surface area (Å²) in [5.74, 6) is -1.51. The van der Waals surface area contributed by atoms with E-state index >= 15 is 0 Å². The predicted octanol–water partition coefficient (Wildman–Crippen LogP) is 1.95. The molecule has 0 aliphatic carbocycles. The van der Waals surface area contributed by atoms with E-state index in [1.807, 2.05) is 4.90 Å². The predicted molar refractivity (Wildman–Crippen MR) is 96.5 cm³/mol. The molecule has 1 unspecified atom stereocenters. The molecule has 1 saturated heterocycles. The van der Waals surface area contributed by atoms with Gasteiger partial charge in [-0.3, -0.25) is 9.78 Å². The van der Waals surface area contributed by atoms with Crippen LogP contribution >= 0.6 is 0 Å². The van der Waals surface area contributed by atoms with Gasteiger partial charge in [0.1, 0.15) is 11.6 Å². The summed E-state index contributed by atoms with van der Waals surface area (Å²) in [6, 6.07) is 5.12. The van der Waals surface area contributed by atoms with Crippen LogP contribution in [0.25, 0.3) is 0 Å². The summed E-state index contributed by atoms with van der Waals surface area (Å²) in [6.07, 6.45) is 6.07. The fraction of sp³-hybridized carbons (Fsp3) is 0.368. The third-order valence-electron chi connectivity index (χ3n) is 4.96. The number of piperidine rings is 1. The largest absolute Gasteiger partial charge is 0.479 e.